The molecule has 1 N–H and O–H groups in total. The zero-order chi connectivity index (χ0) is 28.1. The lowest BCUT2D eigenvalue weighted by atomic mass is 9.82. The molecule has 0 spiro atoms. The van der Waals surface area contributed by atoms with E-state index in [1.807, 2.05) is 41.8 Å². The number of aromatic nitrogens is 2. The van der Waals surface area contributed by atoms with Crippen molar-refractivity contribution >= 4 is 22.9 Å². The van der Waals surface area contributed by atoms with E-state index < -0.39 is 12.1 Å². The molecule has 2 aliphatic rings. The van der Waals surface area contributed by atoms with Gasteiger partial charge < -0.3 is 19.4 Å². The van der Waals surface area contributed by atoms with Gasteiger partial charge in [0.25, 0.3) is 0 Å². The van der Waals surface area contributed by atoms with E-state index in [9.17, 15) is 14.0 Å². The van der Waals surface area contributed by atoms with E-state index in [4.69, 9.17) is 14.5 Å². The maximum absolute atomic E-state index is 14.4. The summed E-state index contributed by atoms with van der Waals surface area (Å²) in [5.41, 5.74) is 2.16. The van der Waals surface area contributed by atoms with Crippen molar-refractivity contribution in [1.82, 2.24) is 14.9 Å². The molecule has 1 unspecified atom stereocenters. The van der Waals surface area contributed by atoms with E-state index in [0.717, 1.165) is 56.0 Å². The first-order valence-electron chi connectivity index (χ1n) is 14.7. The minimum Gasteiger partial charge on any atom is -0.466 e. The molecule has 2 atom stereocenters. The normalized spacial score (nSPS) is 21.6. The molecule has 40 heavy (non-hydrogen) atoms. The quantitative estimate of drug-likeness (QED) is 0.318. The summed E-state index contributed by atoms with van der Waals surface area (Å²) >= 11 is 0. The minimum atomic E-state index is -0.518. The Kier molecular flexibility index (Phi) is 9.15. The van der Waals surface area contributed by atoms with Crippen LogP contribution in [-0.4, -0.2) is 41.2 Å². The van der Waals surface area contributed by atoms with Crippen LogP contribution < -0.4 is 5.32 Å². The largest absolute Gasteiger partial charge is 0.466 e. The first-order valence-corrected chi connectivity index (χ1v) is 14.7. The van der Waals surface area contributed by atoms with Gasteiger partial charge in [0, 0.05) is 19.2 Å². The van der Waals surface area contributed by atoms with Crippen LogP contribution in [0.3, 0.4) is 0 Å². The summed E-state index contributed by atoms with van der Waals surface area (Å²) in [6.45, 7) is 2.21. The predicted octanol–water partition coefficient (Wildman–Crippen LogP) is 6.27. The summed E-state index contributed by atoms with van der Waals surface area (Å²) < 4.78 is 27.6. The highest BCUT2D eigenvalue weighted by Gasteiger charge is 2.37. The SMILES string of the molecule is CCOC(=O)C1CCC(NC(=O)C(C2CCCCC2)n2c([C@H](OC)c3ccccc3)nc3cc(F)ccc32)CC1. The molecule has 0 aliphatic heterocycles. The number of carbonyl (C=O) groups is 2. The van der Waals surface area contributed by atoms with Crippen LogP contribution in [0.15, 0.2) is 48.5 Å². The van der Waals surface area contributed by atoms with Crippen LogP contribution in [0.4, 0.5) is 4.39 Å². The second kappa shape index (κ2) is 12.9. The molecule has 0 radical (unpaired) electrons. The van der Waals surface area contributed by atoms with E-state index in [1.165, 1.54) is 12.1 Å². The van der Waals surface area contributed by atoms with Crippen LogP contribution in [0, 0.1) is 17.7 Å². The van der Waals surface area contributed by atoms with Crippen molar-refractivity contribution in [3.05, 3.63) is 65.7 Å². The first-order chi connectivity index (χ1) is 19.5. The van der Waals surface area contributed by atoms with E-state index in [-0.39, 0.29) is 35.6 Å². The van der Waals surface area contributed by atoms with E-state index in [2.05, 4.69) is 5.32 Å². The van der Waals surface area contributed by atoms with Gasteiger partial charge >= 0.3 is 5.97 Å². The average Bonchev–Trinajstić information content (AvgIpc) is 3.32. The van der Waals surface area contributed by atoms with Crippen LogP contribution in [-0.2, 0) is 19.1 Å². The van der Waals surface area contributed by atoms with E-state index >= 15 is 0 Å². The third-order valence-corrected chi connectivity index (χ3v) is 8.59. The molecule has 2 fully saturated rings. The molecule has 1 heterocycles. The number of esters is 1. The van der Waals surface area contributed by atoms with Crippen molar-refractivity contribution in [1.29, 1.82) is 0 Å². The lowest BCUT2D eigenvalue weighted by Gasteiger charge is -2.35. The van der Waals surface area contributed by atoms with Crippen molar-refractivity contribution in [2.45, 2.75) is 82.9 Å². The molecular formula is C32H40FN3O4. The van der Waals surface area contributed by atoms with Gasteiger partial charge in [-0.25, -0.2) is 9.37 Å². The van der Waals surface area contributed by atoms with Crippen LogP contribution >= 0.6 is 0 Å². The Balaban J connectivity index is 1.51. The van der Waals surface area contributed by atoms with Gasteiger partial charge in [-0.2, -0.15) is 0 Å². The lowest BCUT2D eigenvalue weighted by Crippen LogP contribution is -2.45. The number of nitrogens with one attached hydrogen (secondary N) is 1. The Labute approximate surface area is 235 Å². The maximum Gasteiger partial charge on any atom is 0.308 e. The van der Waals surface area contributed by atoms with Crippen LogP contribution in [0.2, 0.25) is 0 Å². The minimum absolute atomic E-state index is 0.00714. The fraction of sp³-hybridized carbons (Fsp3) is 0.531. The van der Waals surface area contributed by atoms with Gasteiger partial charge in [0.15, 0.2) is 0 Å². The third kappa shape index (κ3) is 6.07. The number of rotatable bonds is 9. The topological polar surface area (TPSA) is 82.5 Å². The summed E-state index contributed by atoms with van der Waals surface area (Å²) in [6.07, 6.45) is 7.55. The zero-order valence-corrected chi connectivity index (χ0v) is 23.5. The monoisotopic (exact) mass is 549 g/mol. The van der Waals surface area contributed by atoms with Gasteiger partial charge in [-0.1, -0.05) is 49.6 Å². The molecule has 2 aromatic carbocycles. The van der Waals surface area contributed by atoms with Gasteiger partial charge in [-0.05, 0) is 69.1 Å². The number of hydrogen-bond acceptors (Lipinski definition) is 5. The number of methoxy groups -OCH3 is 1. The molecule has 0 bridgehead atoms. The van der Waals surface area contributed by atoms with Crippen LogP contribution in [0.1, 0.15) is 88.2 Å². The predicted molar refractivity (Wildman–Crippen MR) is 151 cm³/mol. The molecule has 7 nitrogen and oxygen atoms in total. The Hall–Kier alpha value is -3.26. The molecule has 0 saturated heterocycles. The maximum atomic E-state index is 14.4. The van der Waals surface area contributed by atoms with Crippen molar-refractivity contribution < 1.29 is 23.5 Å². The zero-order valence-electron chi connectivity index (χ0n) is 23.5. The summed E-state index contributed by atoms with van der Waals surface area (Å²) in [7, 11) is 1.64. The number of amides is 1. The van der Waals surface area contributed by atoms with Crippen molar-refractivity contribution in [2.75, 3.05) is 13.7 Å². The molecule has 1 aromatic heterocycles. The number of hydrogen-bond donors (Lipinski definition) is 1. The Morgan fingerprint density at radius 1 is 1.02 bits per heavy atom. The van der Waals surface area contributed by atoms with Gasteiger partial charge in [-0.3, -0.25) is 9.59 Å². The molecule has 5 rings (SSSR count). The van der Waals surface area contributed by atoms with Gasteiger partial charge in [0.2, 0.25) is 5.91 Å². The lowest BCUT2D eigenvalue weighted by molar-refractivity contribution is -0.149. The molecule has 214 valence electrons. The third-order valence-electron chi connectivity index (χ3n) is 8.59. The molecular weight excluding hydrogens is 509 g/mol. The fourth-order valence-electron chi connectivity index (χ4n) is 6.60. The van der Waals surface area contributed by atoms with E-state index in [1.54, 1.807) is 13.2 Å². The number of fused-ring (bicyclic) bond motifs is 1. The highest BCUT2D eigenvalue weighted by atomic mass is 19.1. The van der Waals surface area contributed by atoms with Gasteiger partial charge in [0.05, 0.1) is 23.6 Å². The molecule has 1 amide bonds. The number of benzene rings is 2. The van der Waals surface area contributed by atoms with Crippen molar-refractivity contribution in [3.8, 4) is 0 Å². The smallest absolute Gasteiger partial charge is 0.308 e. The average molecular weight is 550 g/mol. The Bertz CT molecular complexity index is 1300. The molecule has 3 aromatic rings. The highest BCUT2D eigenvalue weighted by Crippen LogP contribution is 2.39. The van der Waals surface area contributed by atoms with Gasteiger partial charge in [0.1, 0.15) is 23.8 Å². The number of halogens is 1. The summed E-state index contributed by atoms with van der Waals surface area (Å²) in [6, 6.07) is 13.9. The van der Waals surface area contributed by atoms with Crippen molar-refractivity contribution in [2.24, 2.45) is 11.8 Å². The van der Waals surface area contributed by atoms with Crippen LogP contribution in [0.25, 0.3) is 11.0 Å². The number of ether oxygens (including phenoxy) is 2. The van der Waals surface area contributed by atoms with Crippen molar-refractivity contribution in [3.63, 3.8) is 0 Å². The number of imidazole rings is 1. The summed E-state index contributed by atoms with van der Waals surface area (Å²) in [5, 5.41) is 3.34. The summed E-state index contributed by atoms with van der Waals surface area (Å²) in [4.78, 5) is 31.4. The van der Waals surface area contributed by atoms with E-state index in [0.29, 0.717) is 30.8 Å². The second-order valence-corrected chi connectivity index (χ2v) is 11.2. The summed E-state index contributed by atoms with van der Waals surface area (Å²) in [5.74, 6) is 0.0779. The highest BCUT2D eigenvalue weighted by molar-refractivity contribution is 5.85. The first kappa shape index (κ1) is 28.3. The van der Waals surface area contributed by atoms with Gasteiger partial charge in [-0.15, -0.1) is 0 Å². The number of carbonyl (C=O) groups excluding carboxylic acids is 2. The molecule has 8 heteroatoms. The Morgan fingerprint density at radius 3 is 2.42 bits per heavy atom. The standard InChI is InChI=1S/C32H40FN3O4/c1-3-40-32(38)23-14-17-25(18-15-23)34-31(37)28(21-10-6-4-7-11-21)36-27-19-16-24(33)20-26(27)35-30(36)29(39-2)22-12-8-5-9-13-22/h5,8-9,12-13,16,19-21,23,25,28-29H,3-4,6-7,10-11,14-15,17-18H2,1-2H3,(H,34,37)/t23?,25?,28?,29-/m1/s1. The Morgan fingerprint density at radius 2 is 1.75 bits per heavy atom. The fourth-order valence-corrected chi connectivity index (χ4v) is 6.60. The number of nitrogens with zero attached hydrogens (tertiary/aromatic N) is 2. The second-order valence-electron chi connectivity index (χ2n) is 11.2. The molecule has 2 saturated carbocycles. The molecule has 2 aliphatic carbocycles. The van der Waals surface area contributed by atoms with Crippen LogP contribution in [0.5, 0.6) is 0 Å².